The molecular weight excluding hydrogens is 590 g/mol. The Hall–Kier alpha value is -1.09. The van der Waals surface area contributed by atoms with Gasteiger partial charge >= 0.3 is 0 Å². The van der Waals surface area contributed by atoms with Crippen molar-refractivity contribution < 1.29 is 74.1 Å². The molecule has 0 saturated carbocycles. The monoisotopic (exact) mass is 641 g/mol. The number of aliphatic hydroxyl groups is 8. The molecule has 258 valence electrons. The van der Waals surface area contributed by atoms with Crippen LogP contribution in [0, 0.1) is 0 Å². The molecule has 3 saturated heterocycles. The summed E-state index contributed by atoms with van der Waals surface area (Å²) in [4.78, 5) is 12.1. The Morgan fingerprint density at radius 1 is 0.682 bits per heavy atom. The van der Waals surface area contributed by atoms with Gasteiger partial charge in [0.1, 0.15) is 67.1 Å². The maximum atomic E-state index is 12.1. The molecule has 3 aliphatic rings. The molecule has 44 heavy (non-hydrogen) atoms. The molecule has 0 aromatic carbocycles. The van der Waals surface area contributed by atoms with Crippen LogP contribution in [0.4, 0.5) is 0 Å². The number of rotatable bonds is 15. The molecule has 15 atom stereocenters. The summed E-state index contributed by atoms with van der Waals surface area (Å²) in [5, 5.41) is 85.7. The highest BCUT2D eigenvalue weighted by Crippen LogP contribution is 2.33. The molecule has 3 aliphatic heterocycles. The lowest BCUT2D eigenvalue weighted by Crippen LogP contribution is -2.69. The smallest absolute Gasteiger partial charge is 0.217 e. The Kier molecular flexibility index (Phi) is 15.1. The first kappa shape index (κ1) is 37.4. The zero-order chi connectivity index (χ0) is 32.6. The van der Waals surface area contributed by atoms with Crippen molar-refractivity contribution in [3.63, 3.8) is 0 Å². The van der Waals surface area contributed by atoms with E-state index in [1.54, 1.807) is 0 Å². The molecule has 16 heteroatoms. The number of aliphatic hydroxyl groups excluding tert-OH is 8. The van der Waals surface area contributed by atoms with Crippen LogP contribution in [-0.4, -0.2) is 159 Å². The average Bonchev–Trinajstić information content (AvgIpc) is 2.99. The normalized spacial score (nSPS) is 43.1. The summed E-state index contributed by atoms with van der Waals surface area (Å²) < 4.78 is 34.6. The summed E-state index contributed by atoms with van der Waals surface area (Å²) in [5.74, 6) is -0.606. The highest BCUT2D eigenvalue weighted by Gasteiger charge is 2.53. The van der Waals surface area contributed by atoms with Gasteiger partial charge < -0.3 is 74.6 Å². The predicted molar refractivity (Wildman–Crippen MR) is 149 cm³/mol. The van der Waals surface area contributed by atoms with Gasteiger partial charge in [-0.05, 0) is 13.3 Å². The molecule has 0 radical (unpaired) electrons. The van der Waals surface area contributed by atoms with Gasteiger partial charge in [-0.15, -0.1) is 0 Å². The molecule has 3 fully saturated rings. The van der Waals surface area contributed by atoms with E-state index >= 15 is 0 Å². The van der Waals surface area contributed by atoms with Gasteiger partial charge in [-0.3, -0.25) is 4.79 Å². The van der Waals surface area contributed by atoms with Crippen molar-refractivity contribution in [1.82, 2.24) is 5.32 Å². The van der Waals surface area contributed by atoms with Crippen LogP contribution in [0.1, 0.15) is 59.3 Å². The second-order valence-electron chi connectivity index (χ2n) is 11.7. The van der Waals surface area contributed by atoms with E-state index in [-0.39, 0.29) is 6.61 Å². The van der Waals surface area contributed by atoms with Crippen LogP contribution in [0.5, 0.6) is 0 Å². The Labute approximate surface area is 256 Å². The first-order valence-corrected chi connectivity index (χ1v) is 15.4. The van der Waals surface area contributed by atoms with E-state index in [4.69, 9.17) is 28.4 Å². The maximum Gasteiger partial charge on any atom is 0.217 e. The molecule has 0 aromatic rings. The second-order valence-corrected chi connectivity index (χ2v) is 11.7. The molecule has 0 aromatic heterocycles. The number of unbranched alkanes of at least 4 members (excludes halogenated alkanes) is 5. The highest BCUT2D eigenvalue weighted by molar-refractivity contribution is 5.73. The van der Waals surface area contributed by atoms with Crippen LogP contribution < -0.4 is 5.32 Å². The van der Waals surface area contributed by atoms with Gasteiger partial charge in [0.05, 0.1) is 19.3 Å². The lowest BCUT2D eigenvalue weighted by atomic mass is 9.95. The lowest BCUT2D eigenvalue weighted by Gasteiger charge is -2.49. The minimum Gasteiger partial charge on any atom is -0.394 e. The summed E-state index contributed by atoms with van der Waals surface area (Å²) in [6.07, 6.45) is -14.4. The van der Waals surface area contributed by atoms with Crippen LogP contribution >= 0.6 is 0 Å². The van der Waals surface area contributed by atoms with Crippen molar-refractivity contribution in [3.8, 4) is 0 Å². The van der Waals surface area contributed by atoms with Gasteiger partial charge in [-0.1, -0.05) is 39.0 Å². The van der Waals surface area contributed by atoms with E-state index in [9.17, 15) is 45.6 Å². The summed E-state index contributed by atoms with van der Waals surface area (Å²) in [7, 11) is 0. The van der Waals surface area contributed by atoms with Crippen LogP contribution in [0.15, 0.2) is 0 Å². The first-order chi connectivity index (χ1) is 20.9. The van der Waals surface area contributed by atoms with E-state index in [2.05, 4.69) is 12.2 Å². The molecule has 0 aliphatic carbocycles. The minimum absolute atomic E-state index is 0.221. The third-order valence-corrected chi connectivity index (χ3v) is 8.22. The number of hydrogen-bond acceptors (Lipinski definition) is 15. The van der Waals surface area contributed by atoms with E-state index in [0.29, 0.717) is 6.42 Å². The number of ether oxygens (including phenoxy) is 6. The number of amides is 1. The summed E-state index contributed by atoms with van der Waals surface area (Å²) in [6.45, 7) is 3.60. The fourth-order valence-electron chi connectivity index (χ4n) is 5.59. The van der Waals surface area contributed by atoms with Gasteiger partial charge in [0.25, 0.3) is 0 Å². The Bertz CT molecular complexity index is 856. The molecule has 3 heterocycles. The van der Waals surface area contributed by atoms with Gasteiger partial charge in [0, 0.05) is 13.5 Å². The molecule has 3 rings (SSSR count). The predicted octanol–water partition coefficient (Wildman–Crippen LogP) is -3.02. The van der Waals surface area contributed by atoms with Crippen molar-refractivity contribution in [3.05, 3.63) is 0 Å². The SMILES string of the molecule is CCCCCCCCO[C@H]1O[C@H](CO)[C@@H](O)[C@H](O)[C@@H]1O[C@@H]1O[C@H](CO)[C@@H](O[C@@H]2O[C@H](C)[C@H](O)[C@H](O)[C@H]2O)[C@H](O)[C@H]1NC(C)=O. The Balaban J connectivity index is 1.77. The Morgan fingerprint density at radius 3 is 1.93 bits per heavy atom. The van der Waals surface area contributed by atoms with Gasteiger partial charge in [-0.25, -0.2) is 0 Å². The number of nitrogens with one attached hydrogen (secondary N) is 1. The topological polar surface area (TPSA) is 246 Å². The van der Waals surface area contributed by atoms with Crippen LogP contribution in [-0.2, 0) is 33.2 Å². The fourth-order valence-corrected chi connectivity index (χ4v) is 5.59. The van der Waals surface area contributed by atoms with E-state index in [1.165, 1.54) is 13.8 Å². The first-order valence-electron chi connectivity index (χ1n) is 15.4. The molecule has 0 bridgehead atoms. The standard InChI is InChI=1S/C28H51NO15/c1-4-5-6-7-8-9-10-39-28-25(22(37)19(34)15(11-30)41-28)44-26-17(29-14(3)32)20(35)24(16(12-31)42-26)43-27-23(38)21(36)18(33)13(2)40-27/h13,15-28,30-31,33-38H,4-12H2,1-3H3,(H,29,32)/t13-,15-,16-,17-,18+,19-,20-,21+,22+,23-,24-,25+,26+,27+,28+/m1/s1. The van der Waals surface area contributed by atoms with Crippen molar-refractivity contribution in [2.24, 2.45) is 0 Å². The fraction of sp³-hybridized carbons (Fsp3) is 0.964. The largest absolute Gasteiger partial charge is 0.394 e. The zero-order valence-corrected chi connectivity index (χ0v) is 25.5. The molecule has 0 unspecified atom stereocenters. The third kappa shape index (κ3) is 9.25. The van der Waals surface area contributed by atoms with Gasteiger partial charge in [-0.2, -0.15) is 0 Å². The molecule has 16 nitrogen and oxygen atoms in total. The van der Waals surface area contributed by atoms with Crippen LogP contribution in [0.2, 0.25) is 0 Å². The van der Waals surface area contributed by atoms with Crippen molar-refractivity contribution in [2.45, 2.75) is 151 Å². The quantitative estimate of drug-likeness (QED) is 0.0808. The summed E-state index contributed by atoms with van der Waals surface area (Å²) in [5.41, 5.74) is 0. The van der Waals surface area contributed by atoms with Gasteiger partial charge in [0.2, 0.25) is 5.91 Å². The van der Waals surface area contributed by atoms with Gasteiger partial charge in [0.15, 0.2) is 18.9 Å². The minimum atomic E-state index is -1.72. The highest BCUT2D eigenvalue weighted by atomic mass is 16.8. The molecule has 0 spiro atoms. The van der Waals surface area contributed by atoms with E-state index < -0.39 is 111 Å². The summed E-state index contributed by atoms with van der Waals surface area (Å²) >= 11 is 0. The third-order valence-electron chi connectivity index (χ3n) is 8.22. The van der Waals surface area contributed by atoms with Crippen molar-refractivity contribution in [2.75, 3.05) is 19.8 Å². The summed E-state index contributed by atoms with van der Waals surface area (Å²) in [6, 6.07) is -1.38. The number of carbonyl (C=O) groups excluding carboxylic acids is 1. The van der Waals surface area contributed by atoms with Crippen LogP contribution in [0.25, 0.3) is 0 Å². The van der Waals surface area contributed by atoms with E-state index in [1.807, 2.05) is 0 Å². The number of hydrogen-bond donors (Lipinski definition) is 9. The van der Waals surface area contributed by atoms with Crippen molar-refractivity contribution in [1.29, 1.82) is 0 Å². The lowest BCUT2D eigenvalue weighted by molar-refractivity contribution is -0.371. The average molecular weight is 642 g/mol. The maximum absolute atomic E-state index is 12.1. The Morgan fingerprint density at radius 2 is 1.30 bits per heavy atom. The number of carbonyl (C=O) groups is 1. The van der Waals surface area contributed by atoms with E-state index in [0.717, 1.165) is 32.1 Å². The molecule has 1 amide bonds. The van der Waals surface area contributed by atoms with Crippen molar-refractivity contribution >= 4 is 5.91 Å². The molecule has 9 N–H and O–H groups in total. The zero-order valence-electron chi connectivity index (χ0n) is 25.5. The van der Waals surface area contributed by atoms with Crippen LogP contribution in [0.3, 0.4) is 0 Å². The second kappa shape index (κ2) is 17.7. The molecular formula is C28H51NO15.